The van der Waals surface area contributed by atoms with Gasteiger partial charge in [0.1, 0.15) is 5.82 Å². The number of hydrogen-bond donors (Lipinski definition) is 1. The average molecular weight is 278 g/mol. The van der Waals surface area contributed by atoms with Crippen LogP contribution in [-0.4, -0.2) is 30.1 Å². The number of likely N-dealkylation sites (tertiary alicyclic amines) is 1. The van der Waals surface area contributed by atoms with Gasteiger partial charge in [-0.25, -0.2) is 4.39 Å². The minimum atomic E-state index is -0.174. The van der Waals surface area contributed by atoms with Crippen LogP contribution in [0.1, 0.15) is 38.7 Å². The van der Waals surface area contributed by atoms with Crippen LogP contribution in [0.15, 0.2) is 24.3 Å². The summed E-state index contributed by atoms with van der Waals surface area (Å²) in [6.07, 6.45) is 4.75. The lowest BCUT2D eigenvalue weighted by molar-refractivity contribution is 0.136. The van der Waals surface area contributed by atoms with Crippen molar-refractivity contribution in [3.63, 3.8) is 0 Å². The third-order valence-electron chi connectivity index (χ3n) is 4.68. The Balaban J connectivity index is 2.03. The molecule has 2 unspecified atom stereocenters. The molecular formula is C17H27FN2. The molecular weight excluding hydrogens is 251 g/mol. The third kappa shape index (κ3) is 3.58. The van der Waals surface area contributed by atoms with Crippen molar-refractivity contribution in [1.82, 2.24) is 4.90 Å². The largest absolute Gasteiger partial charge is 0.329 e. The molecule has 0 bridgehead atoms. The van der Waals surface area contributed by atoms with E-state index in [1.54, 1.807) is 0 Å². The molecule has 2 nitrogen and oxygen atoms in total. The van der Waals surface area contributed by atoms with Gasteiger partial charge in [0.15, 0.2) is 0 Å². The van der Waals surface area contributed by atoms with Crippen molar-refractivity contribution < 1.29 is 4.39 Å². The number of nitrogens with two attached hydrogens (primary N) is 1. The van der Waals surface area contributed by atoms with Crippen molar-refractivity contribution in [1.29, 1.82) is 0 Å². The molecule has 1 aromatic carbocycles. The predicted molar refractivity (Wildman–Crippen MR) is 82.2 cm³/mol. The van der Waals surface area contributed by atoms with E-state index in [0.29, 0.717) is 6.54 Å². The maximum atomic E-state index is 13.0. The highest BCUT2D eigenvalue weighted by molar-refractivity contribution is 5.19. The van der Waals surface area contributed by atoms with Crippen molar-refractivity contribution in [2.24, 2.45) is 11.7 Å². The van der Waals surface area contributed by atoms with Gasteiger partial charge < -0.3 is 5.73 Å². The number of halogens is 1. The minimum absolute atomic E-state index is 0.0136. The zero-order chi connectivity index (χ0) is 14.6. The van der Waals surface area contributed by atoms with E-state index in [0.717, 1.165) is 25.4 Å². The SMILES string of the molecule is CCCC1CCN(C(C)(CN)Cc2ccc(F)cc2)C1. The lowest BCUT2D eigenvalue weighted by Gasteiger charge is -2.38. The lowest BCUT2D eigenvalue weighted by atomic mass is 9.91. The number of benzene rings is 1. The maximum Gasteiger partial charge on any atom is 0.123 e. The first-order chi connectivity index (χ1) is 9.57. The fraction of sp³-hybridized carbons (Fsp3) is 0.647. The maximum absolute atomic E-state index is 13.0. The van der Waals surface area contributed by atoms with Crippen LogP contribution >= 0.6 is 0 Å². The van der Waals surface area contributed by atoms with E-state index in [2.05, 4.69) is 18.7 Å². The molecule has 1 heterocycles. The second kappa shape index (κ2) is 6.68. The van der Waals surface area contributed by atoms with Gasteiger partial charge in [0.25, 0.3) is 0 Å². The quantitative estimate of drug-likeness (QED) is 0.866. The first kappa shape index (κ1) is 15.5. The van der Waals surface area contributed by atoms with E-state index in [1.165, 1.54) is 37.0 Å². The van der Waals surface area contributed by atoms with Crippen molar-refractivity contribution in [3.05, 3.63) is 35.6 Å². The molecule has 1 saturated heterocycles. The van der Waals surface area contributed by atoms with E-state index in [9.17, 15) is 4.39 Å². The summed E-state index contributed by atoms with van der Waals surface area (Å²) in [7, 11) is 0. The highest BCUT2D eigenvalue weighted by atomic mass is 19.1. The van der Waals surface area contributed by atoms with Gasteiger partial charge in [-0.2, -0.15) is 0 Å². The average Bonchev–Trinajstić information content (AvgIpc) is 2.91. The summed E-state index contributed by atoms with van der Waals surface area (Å²) >= 11 is 0. The summed E-state index contributed by atoms with van der Waals surface area (Å²) in [5.74, 6) is 0.645. The molecule has 0 aliphatic carbocycles. The van der Waals surface area contributed by atoms with Crippen LogP contribution in [0.25, 0.3) is 0 Å². The Kier molecular flexibility index (Phi) is 5.17. The number of nitrogens with zero attached hydrogens (tertiary/aromatic N) is 1. The molecule has 1 aliphatic rings. The molecule has 1 aliphatic heterocycles. The minimum Gasteiger partial charge on any atom is -0.329 e. The Morgan fingerprint density at radius 2 is 2.05 bits per heavy atom. The van der Waals surface area contributed by atoms with Gasteiger partial charge >= 0.3 is 0 Å². The lowest BCUT2D eigenvalue weighted by Crippen LogP contribution is -2.52. The molecule has 112 valence electrons. The van der Waals surface area contributed by atoms with Gasteiger partial charge in [-0.05, 0) is 56.3 Å². The molecule has 0 radical (unpaired) electrons. The van der Waals surface area contributed by atoms with Crippen LogP contribution in [0.5, 0.6) is 0 Å². The first-order valence-electron chi connectivity index (χ1n) is 7.77. The molecule has 0 spiro atoms. The van der Waals surface area contributed by atoms with E-state index in [-0.39, 0.29) is 11.4 Å². The van der Waals surface area contributed by atoms with Gasteiger partial charge in [0.05, 0.1) is 0 Å². The van der Waals surface area contributed by atoms with Crippen molar-refractivity contribution in [2.75, 3.05) is 19.6 Å². The fourth-order valence-electron chi connectivity index (χ4n) is 3.32. The summed E-state index contributed by atoms with van der Waals surface area (Å²) in [5.41, 5.74) is 7.22. The Morgan fingerprint density at radius 3 is 2.65 bits per heavy atom. The van der Waals surface area contributed by atoms with Crippen LogP contribution in [0, 0.1) is 11.7 Å². The Morgan fingerprint density at radius 1 is 1.35 bits per heavy atom. The third-order valence-corrected chi connectivity index (χ3v) is 4.68. The molecule has 1 fully saturated rings. The Bertz CT molecular complexity index is 418. The molecule has 0 aromatic heterocycles. The van der Waals surface area contributed by atoms with Crippen LogP contribution in [0.2, 0.25) is 0 Å². The molecule has 1 aromatic rings. The highest BCUT2D eigenvalue weighted by Gasteiger charge is 2.35. The Labute approximate surface area is 122 Å². The Hall–Kier alpha value is -0.930. The molecule has 20 heavy (non-hydrogen) atoms. The second-order valence-corrected chi connectivity index (χ2v) is 6.39. The van der Waals surface area contributed by atoms with Crippen LogP contribution in [0.4, 0.5) is 4.39 Å². The first-order valence-corrected chi connectivity index (χ1v) is 7.77. The summed E-state index contributed by atoms with van der Waals surface area (Å²) in [4.78, 5) is 2.54. The molecule has 3 heteroatoms. The van der Waals surface area contributed by atoms with Crippen molar-refractivity contribution in [2.45, 2.75) is 45.1 Å². The normalized spacial score (nSPS) is 22.9. The van der Waals surface area contributed by atoms with E-state index in [4.69, 9.17) is 5.73 Å². The number of hydrogen-bond acceptors (Lipinski definition) is 2. The number of rotatable bonds is 6. The zero-order valence-electron chi connectivity index (χ0n) is 12.7. The standard InChI is InChI=1S/C17H27FN2/c1-3-4-15-9-10-20(12-15)17(2,13-19)11-14-5-7-16(18)8-6-14/h5-8,15H,3-4,9-13,19H2,1-2H3. The summed E-state index contributed by atoms with van der Waals surface area (Å²) in [6, 6.07) is 6.83. The van der Waals surface area contributed by atoms with Gasteiger partial charge in [-0.15, -0.1) is 0 Å². The van der Waals surface area contributed by atoms with Gasteiger partial charge in [0, 0.05) is 18.6 Å². The summed E-state index contributed by atoms with van der Waals surface area (Å²) in [5, 5.41) is 0. The molecule has 0 amide bonds. The summed E-state index contributed by atoms with van der Waals surface area (Å²) in [6.45, 7) is 7.43. The monoisotopic (exact) mass is 278 g/mol. The van der Waals surface area contributed by atoms with Crippen molar-refractivity contribution >= 4 is 0 Å². The fourth-order valence-corrected chi connectivity index (χ4v) is 3.32. The highest BCUT2D eigenvalue weighted by Crippen LogP contribution is 2.29. The van der Waals surface area contributed by atoms with Crippen LogP contribution in [-0.2, 0) is 6.42 Å². The smallest absolute Gasteiger partial charge is 0.123 e. The zero-order valence-corrected chi connectivity index (χ0v) is 12.7. The van der Waals surface area contributed by atoms with E-state index in [1.807, 2.05) is 12.1 Å². The summed E-state index contributed by atoms with van der Waals surface area (Å²) < 4.78 is 13.0. The molecule has 0 saturated carbocycles. The second-order valence-electron chi connectivity index (χ2n) is 6.39. The van der Waals surface area contributed by atoms with Crippen LogP contribution in [0.3, 0.4) is 0 Å². The topological polar surface area (TPSA) is 29.3 Å². The molecule has 2 N–H and O–H groups in total. The van der Waals surface area contributed by atoms with Gasteiger partial charge in [-0.3, -0.25) is 4.90 Å². The van der Waals surface area contributed by atoms with Gasteiger partial charge in [-0.1, -0.05) is 25.5 Å². The van der Waals surface area contributed by atoms with Crippen molar-refractivity contribution in [3.8, 4) is 0 Å². The van der Waals surface area contributed by atoms with E-state index >= 15 is 0 Å². The molecule has 2 rings (SSSR count). The van der Waals surface area contributed by atoms with E-state index < -0.39 is 0 Å². The van der Waals surface area contributed by atoms with Gasteiger partial charge in [0.2, 0.25) is 0 Å². The predicted octanol–water partition coefficient (Wildman–Crippen LogP) is 3.21. The van der Waals surface area contributed by atoms with Crippen LogP contribution < -0.4 is 5.73 Å². The molecule has 2 atom stereocenters.